The van der Waals surface area contributed by atoms with Crippen LogP contribution in [0.4, 0.5) is 14.5 Å². The Labute approximate surface area is 112 Å². The number of hydrogen-bond donors (Lipinski definition) is 1. The third kappa shape index (κ3) is 2.37. The second kappa shape index (κ2) is 5.12. The lowest BCUT2D eigenvalue weighted by molar-refractivity contribution is 0.383. The number of aromatic nitrogens is 2. The van der Waals surface area contributed by atoms with Crippen LogP contribution in [0.15, 0.2) is 45.7 Å². The normalized spacial score (nSPS) is 10.7. The van der Waals surface area contributed by atoms with Gasteiger partial charge in [0, 0.05) is 0 Å². The summed E-state index contributed by atoms with van der Waals surface area (Å²) in [6.45, 7) is 0.0166. The van der Waals surface area contributed by atoms with Crippen molar-refractivity contribution in [1.29, 1.82) is 0 Å². The monoisotopic (exact) mass is 277 g/mol. The van der Waals surface area contributed by atoms with E-state index in [9.17, 15) is 8.78 Å². The molecule has 0 atom stereocenters. The Morgan fingerprint density at radius 3 is 2.65 bits per heavy atom. The lowest BCUT2D eigenvalue weighted by Gasteiger charge is -2.05. The summed E-state index contributed by atoms with van der Waals surface area (Å²) in [5.41, 5.74) is 0.438. The van der Waals surface area contributed by atoms with Gasteiger partial charge in [-0.1, -0.05) is 11.2 Å². The third-order valence-electron chi connectivity index (χ3n) is 2.63. The number of furan rings is 1. The predicted molar refractivity (Wildman–Crippen MR) is 65.7 cm³/mol. The minimum atomic E-state index is -0.681. The summed E-state index contributed by atoms with van der Waals surface area (Å²) in [5, 5.41) is 6.33. The van der Waals surface area contributed by atoms with Gasteiger partial charge < -0.3 is 14.3 Å². The summed E-state index contributed by atoms with van der Waals surface area (Å²) in [6, 6.07) is 5.30. The highest BCUT2D eigenvalue weighted by molar-refractivity contribution is 5.51. The average molecular weight is 277 g/mol. The molecule has 2 heterocycles. The number of rotatable bonds is 4. The van der Waals surface area contributed by atoms with E-state index in [-0.39, 0.29) is 18.1 Å². The molecule has 0 amide bonds. The molecule has 0 radical (unpaired) electrons. The Bertz CT molecular complexity index is 690. The molecule has 3 aromatic rings. The molecule has 102 valence electrons. The van der Waals surface area contributed by atoms with E-state index in [1.807, 2.05) is 0 Å². The van der Waals surface area contributed by atoms with E-state index in [0.717, 1.165) is 12.1 Å². The Kier molecular flexibility index (Phi) is 3.16. The third-order valence-corrected chi connectivity index (χ3v) is 2.63. The fourth-order valence-electron chi connectivity index (χ4n) is 1.67. The number of benzene rings is 1. The predicted octanol–water partition coefficient (Wildman–Crippen LogP) is 3.22. The van der Waals surface area contributed by atoms with E-state index in [1.54, 1.807) is 6.07 Å². The molecule has 0 aliphatic heterocycles. The highest BCUT2D eigenvalue weighted by atomic mass is 19.1. The number of halogens is 2. The van der Waals surface area contributed by atoms with E-state index in [4.69, 9.17) is 8.94 Å². The molecule has 0 spiro atoms. The highest BCUT2D eigenvalue weighted by Gasteiger charge is 2.12. The Morgan fingerprint density at radius 1 is 1.15 bits per heavy atom. The van der Waals surface area contributed by atoms with Crippen LogP contribution < -0.4 is 5.32 Å². The molecule has 0 aliphatic rings. The van der Waals surface area contributed by atoms with Crippen LogP contribution in [0.25, 0.3) is 11.4 Å². The number of nitrogens with one attached hydrogen (secondary N) is 1. The number of para-hydroxylation sites is 1. The Balaban J connectivity index is 1.73. The summed E-state index contributed by atoms with van der Waals surface area (Å²) >= 11 is 0. The summed E-state index contributed by atoms with van der Waals surface area (Å²) in [4.78, 5) is 4.08. The van der Waals surface area contributed by atoms with Gasteiger partial charge in [0.25, 0.3) is 0 Å². The van der Waals surface area contributed by atoms with E-state index >= 15 is 0 Å². The standard InChI is InChI=1S/C13H9F2N3O2/c14-9-2-1-3-10(15)12(9)16-6-11-17-13(18-20-11)8-4-5-19-7-8/h1-5,7,16H,6H2. The quantitative estimate of drug-likeness (QED) is 0.793. The minimum absolute atomic E-state index is 0.0166. The first kappa shape index (κ1) is 12.3. The van der Waals surface area contributed by atoms with Crippen molar-refractivity contribution < 1.29 is 17.7 Å². The zero-order valence-corrected chi connectivity index (χ0v) is 10.1. The van der Waals surface area contributed by atoms with Crippen molar-refractivity contribution in [2.24, 2.45) is 0 Å². The Hall–Kier alpha value is -2.70. The van der Waals surface area contributed by atoms with Gasteiger partial charge in [-0.25, -0.2) is 8.78 Å². The molecule has 1 N–H and O–H groups in total. The van der Waals surface area contributed by atoms with Gasteiger partial charge in [0.05, 0.1) is 18.4 Å². The van der Waals surface area contributed by atoms with Crippen LogP contribution in [0.2, 0.25) is 0 Å². The molecule has 0 unspecified atom stereocenters. The van der Waals surface area contributed by atoms with Crippen molar-refractivity contribution >= 4 is 5.69 Å². The second-order valence-electron chi connectivity index (χ2n) is 3.97. The van der Waals surface area contributed by atoms with E-state index in [0.29, 0.717) is 11.4 Å². The van der Waals surface area contributed by atoms with Crippen molar-refractivity contribution in [3.63, 3.8) is 0 Å². The van der Waals surface area contributed by atoms with E-state index in [1.165, 1.54) is 18.6 Å². The van der Waals surface area contributed by atoms with Crippen molar-refractivity contribution in [3.8, 4) is 11.4 Å². The van der Waals surface area contributed by atoms with Crippen LogP contribution in [0, 0.1) is 11.6 Å². The molecule has 7 heteroatoms. The molecule has 0 saturated carbocycles. The molecule has 0 fully saturated rings. The van der Waals surface area contributed by atoms with Gasteiger partial charge in [-0.2, -0.15) is 4.98 Å². The van der Waals surface area contributed by atoms with Gasteiger partial charge in [-0.05, 0) is 18.2 Å². The van der Waals surface area contributed by atoms with E-state index < -0.39 is 11.6 Å². The summed E-state index contributed by atoms with van der Waals surface area (Å²) < 4.78 is 36.7. The summed E-state index contributed by atoms with van der Waals surface area (Å²) in [6.07, 6.45) is 2.96. The van der Waals surface area contributed by atoms with E-state index in [2.05, 4.69) is 15.5 Å². The maximum atomic E-state index is 13.4. The lowest BCUT2D eigenvalue weighted by atomic mass is 10.3. The molecule has 1 aromatic carbocycles. The minimum Gasteiger partial charge on any atom is -0.472 e. The number of nitrogens with zero attached hydrogens (tertiary/aromatic N) is 2. The van der Waals surface area contributed by atoms with Crippen LogP contribution >= 0.6 is 0 Å². The Morgan fingerprint density at radius 2 is 1.95 bits per heavy atom. The van der Waals surface area contributed by atoms with Crippen molar-refractivity contribution in [2.45, 2.75) is 6.54 Å². The number of hydrogen-bond acceptors (Lipinski definition) is 5. The van der Waals surface area contributed by atoms with Crippen LogP contribution in [-0.4, -0.2) is 10.1 Å². The lowest BCUT2D eigenvalue weighted by Crippen LogP contribution is -2.04. The molecule has 3 rings (SSSR count). The smallest absolute Gasteiger partial charge is 0.246 e. The van der Waals surface area contributed by atoms with Crippen molar-refractivity contribution in [1.82, 2.24) is 10.1 Å². The zero-order chi connectivity index (χ0) is 13.9. The first-order valence-corrected chi connectivity index (χ1v) is 5.77. The van der Waals surface area contributed by atoms with Gasteiger partial charge in [-0.3, -0.25) is 0 Å². The van der Waals surface area contributed by atoms with Crippen LogP contribution in [0.5, 0.6) is 0 Å². The molecule has 20 heavy (non-hydrogen) atoms. The van der Waals surface area contributed by atoms with Crippen LogP contribution in [0.3, 0.4) is 0 Å². The van der Waals surface area contributed by atoms with Crippen molar-refractivity contribution in [3.05, 3.63) is 54.3 Å². The fraction of sp³-hybridized carbons (Fsp3) is 0.0769. The molecule has 0 bridgehead atoms. The van der Waals surface area contributed by atoms with Gasteiger partial charge in [0.15, 0.2) is 0 Å². The number of anilines is 1. The second-order valence-corrected chi connectivity index (χ2v) is 3.97. The first-order chi connectivity index (χ1) is 9.74. The first-order valence-electron chi connectivity index (χ1n) is 5.77. The summed E-state index contributed by atoms with van der Waals surface area (Å²) in [7, 11) is 0. The van der Waals surface area contributed by atoms with Crippen LogP contribution in [0.1, 0.15) is 5.89 Å². The molecule has 2 aromatic heterocycles. The maximum absolute atomic E-state index is 13.4. The van der Waals surface area contributed by atoms with Gasteiger partial charge in [-0.15, -0.1) is 0 Å². The molecular formula is C13H9F2N3O2. The SMILES string of the molecule is Fc1cccc(F)c1NCc1nc(-c2ccoc2)no1. The highest BCUT2D eigenvalue weighted by Crippen LogP contribution is 2.20. The van der Waals surface area contributed by atoms with Crippen molar-refractivity contribution in [2.75, 3.05) is 5.32 Å². The zero-order valence-electron chi connectivity index (χ0n) is 10.1. The summed E-state index contributed by atoms with van der Waals surface area (Å²) in [5.74, 6) is -0.799. The maximum Gasteiger partial charge on any atom is 0.246 e. The van der Waals surface area contributed by atoms with Gasteiger partial charge in [0.2, 0.25) is 11.7 Å². The average Bonchev–Trinajstić information content (AvgIpc) is 3.09. The molecule has 5 nitrogen and oxygen atoms in total. The van der Waals surface area contributed by atoms with Crippen LogP contribution in [-0.2, 0) is 6.54 Å². The topological polar surface area (TPSA) is 64.1 Å². The largest absolute Gasteiger partial charge is 0.472 e. The van der Waals surface area contributed by atoms with Gasteiger partial charge in [0.1, 0.15) is 23.6 Å². The fourth-order valence-corrected chi connectivity index (χ4v) is 1.67. The van der Waals surface area contributed by atoms with Gasteiger partial charge >= 0.3 is 0 Å². The molecular weight excluding hydrogens is 268 g/mol. The molecule has 0 saturated heterocycles. The molecule has 0 aliphatic carbocycles.